The number of carbonyl (C=O) groups is 1. The first-order valence-corrected chi connectivity index (χ1v) is 10.1. The minimum atomic E-state index is 0.213. The van der Waals surface area contributed by atoms with Crippen LogP contribution < -0.4 is 9.47 Å². The van der Waals surface area contributed by atoms with E-state index < -0.39 is 0 Å². The van der Waals surface area contributed by atoms with Gasteiger partial charge in [0.25, 0.3) is 0 Å². The van der Waals surface area contributed by atoms with Crippen LogP contribution in [0.25, 0.3) is 0 Å². The highest BCUT2D eigenvalue weighted by Crippen LogP contribution is 2.32. The average Bonchev–Trinajstić information content (AvgIpc) is 3.21. The second kappa shape index (κ2) is 9.24. The summed E-state index contributed by atoms with van der Waals surface area (Å²) in [5.41, 5.74) is 2.46. The molecule has 0 radical (unpaired) electrons. The predicted molar refractivity (Wildman–Crippen MR) is 110 cm³/mol. The standard InChI is InChI=1S/C22H28N4O3/c1-24(9-6-18-4-7-23-8-5-18)16-22(27)26-12-10-25(11-13-26)15-19-2-3-20-21(14-19)29-17-28-20/h2-5,7-8,14H,6,9-13,15-17H2,1H3. The van der Waals surface area contributed by atoms with Gasteiger partial charge < -0.3 is 14.4 Å². The lowest BCUT2D eigenvalue weighted by molar-refractivity contribution is -0.133. The number of ether oxygens (including phenoxy) is 2. The molecule has 7 heteroatoms. The van der Waals surface area contributed by atoms with Gasteiger partial charge in [-0.05, 0) is 48.9 Å². The molecule has 2 aromatic rings. The number of pyridine rings is 1. The lowest BCUT2D eigenvalue weighted by atomic mass is 10.1. The van der Waals surface area contributed by atoms with Crippen LogP contribution in [0.4, 0.5) is 0 Å². The minimum absolute atomic E-state index is 0.213. The van der Waals surface area contributed by atoms with E-state index in [4.69, 9.17) is 9.47 Å². The molecule has 0 unspecified atom stereocenters. The summed E-state index contributed by atoms with van der Waals surface area (Å²) in [5, 5.41) is 0. The number of piperazine rings is 1. The zero-order valence-electron chi connectivity index (χ0n) is 16.9. The number of aromatic nitrogens is 1. The Morgan fingerprint density at radius 1 is 1.03 bits per heavy atom. The molecule has 7 nitrogen and oxygen atoms in total. The third-order valence-electron chi connectivity index (χ3n) is 5.50. The molecule has 29 heavy (non-hydrogen) atoms. The molecule has 0 spiro atoms. The van der Waals surface area contributed by atoms with Crippen molar-refractivity contribution < 1.29 is 14.3 Å². The summed E-state index contributed by atoms with van der Waals surface area (Å²) in [6.07, 6.45) is 4.54. The maximum Gasteiger partial charge on any atom is 0.236 e. The average molecular weight is 396 g/mol. The van der Waals surface area contributed by atoms with Crippen LogP contribution in [0.15, 0.2) is 42.7 Å². The van der Waals surface area contributed by atoms with E-state index in [9.17, 15) is 4.79 Å². The molecule has 0 saturated carbocycles. The predicted octanol–water partition coefficient (Wildman–Crippen LogP) is 1.63. The monoisotopic (exact) mass is 396 g/mol. The van der Waals surface area contributed by atoms with Crippen molar-refractivity contribution >= 4 is 5.91 Å². The van der Waals surface area contributed by atoms with Gasteiger partial charge in [0.2, 0.25) is 12.7 Å². The van der Waals surface area contributed by atoms with Crippen LogP contribution in [0.2, 0.25) is 0 Å². The van der Waals surface area contributed by atoms with E-state index in [1.807, 2.05) is 42.5 Å². The fourth-order valence-corrected chi connectivity index (χ4v) is 3.73. The Bertz CT molecular complexity index is 822. The molecule has 154 valence electrons. The normalized spacial score (nSPS) is 16.4. The van der Waals surface area contributed by atoms with Crippen LogP contribution in [-0.4, -0.2) is 78.7 Å². The SMILES string of the molecule is CN(CCc1ccncc1)CC(=O)N1CCN(Cc2ccc3c(c2)OCO3)CC1. The Balaban J connectivity index is 1.19. The van der Waals surface area contributed by atoms with E-state index in [1.165, 1.54) is 11.1 Å². The zero-order valence-corrected chi connectivity index (χ0v) is 16.9. The minimum Gasteiger partial charge on any atom is -0.454 e. The molecule has 1 aromatic carbocycles. The van der Waals surface area contributed by atoms with Crippen LogP contribution in [-0.2, 0) is 17.8 Å². The van der Waals surface area contributed by atoms with Crippen molar-refractivity contribution in [3.63, 3.8) is 0 Å². The van der Waals surface area contributed by atoms with Gasteiger partial charge in [-0.25, -0.2) is 0 Å². The first-order chi connectivity index (χ1) is 14.2. The molecule has 1 aromatic heterocycles. The Labute approximate surface area is 171 Å². The van der Waals surface area contributed by atoms with Crippen LogP contribution in [0, 0.1) is 0 Å². The number of carbonyl (C=O) groups excluding carboxylic acids is 1. The molecule has 1 saturated heterocycles. The molecule has 0 bridgehead atoms. The Kier molecular flexibility index (Phi) is 6.27. The molecule has 0 atom stereocenters. The summed E-state index contributed by atoms with van der Waals surface area (Å²) in [7, 11) is 2.01. The van der Waals surface area contributed by atoms with Crippen LogP contribution >= 0.6 is 0 Å². The van der Waals surface area contributed by atoms with Gasteiger partial charge >= 0.3 is 0 Å². The molecule has 0 N–H and O–H groups in total. The van der Waals surface area contributed by atoms with E-state index in [1.54, 1.807) is 0 Å². The van der Waals surface area contributed by atoms with Crippen molar-refractivity contribution in [2.45, 2.75) is 13.0 Å². The summed E-state index contributed by atoms with van der Waals surface area (Å²) in [6, 6.07) is 10.2. The third-order valence-corrected chi connectivity index (χ3v) is 5.50. The van der Waals surface area contributed by atoms with Crippen molar-refractivity contribution in [1.29, 1.82) is 0 Å². The molecule has 1 fully saturated rings. The van der Waals surface area contributed by atoms with Gasteiger partial charge in [0.1, 0.15) is 0 Å². The maximum absolute atomic E-state index is 12.6. The Hall–Kier alpha value is -2.64. The van der Waals surface area contributed by atoms with Crippen molar-refractivity contribution in [2.24, 2.45) is 0 Å². The number of hydrogen-bond acceptors (Lipinski definition) is 6. The number of amides is 1. The van der Waals surface area contributed by atoms with E-state index in [0.29, 0.717) is 13.3 Å². The summed E-state index contributed by atoms with van der Waals surface area (Å²) in [6.45, 7) is 5.83. The highest BCUT2D eigenvalue weighted by Gasteiger charge is 2.22. The van der Waals surface area contributed by atoms with Crippen molar-refractivity contribution in [1.82, 2.24) is 19.7 Å². The van der Waals surface area contributed by atoms with E-state index in [0.717, 1.165) is 57.2 Å². The molecule has 4 rings (SSSR count). The quantitative estimate of drug-likeness (QED) is 0.709. The molecule has 3 heterocycles. The van der Waals surface area contributed by atoms with Crippen molar-refractivity contribution in [3.8, 4) is 11.5 Å². The van der Waals surface area contributed by atoms with Gasteiger partial charge in [-0.1, -0.05) is 6.07 Å². The van der Waals surface area contributed by atoms with E-state index >= 15 is 0 Å². The maximum atomic E-state index is 12.6. The number of hydrogen-bond donors (Lipinski definition) is 0. The van der Waals surface area contributed by atoms with E-state index in [-0.39, 0.29) is 5.91 Å². The molecule has 0 aliphatic carbocycles. The number of rotatable bonds is 7. The van der Waals surface area contributed by atoms with Crippen molar-refractivity contribution in [2.75, 3.05) is 53.1 Å². The van der Waals surface area contributed by atoms with Crippen LogP contribution in [0.5, 0.6) is 11.5 Å². The third kappa shape index (κ3) is 5.25. The smallest absolute Gasteiger partial charge is 0.236 e. The fraction of sp³-hybridized carbons (Fsp3) is 0.455. The lowest BCUT2D eigenvalue weighted by Gasteiger charge is -2.35. The van der Waals surface area contributed by atoms with Gasteiger partial charge in [0.05, 0.1) is 6.54 Å². The summed E-state index contributed by atoms with van der Waals surface area (Å²) in [4.78, 5) is 23.1. The van der Waals surface area contributed by atoms with Gasteiger partial charge in [0.15, 0.2) is 11.5 Å². The highest BCUT2D eigenvalue weighted by molar-refractivity contribution is 5.78. The molecule has 2 aliphatic heterocycles. The summed E-state index contributed by atoms with van der Waals surface area (Å²) >= 11 is 0. The van der Waals surface area contributed by atoms with E-state index in [2.05, 4.69) is 26.9 Å². The van der Waals surface area contributed by atoms with Crippen molar-refractivity contribution in [3.05, 3.63) is 53.9 Å². The van der Waals surface area contributed by atoms with Gasteiger partial charge in [-0.2, -0.15) is 0 Å². The topological polar surface area (TPSA) is 58.1 Å². The second-order valence-electron chi connectivity index (χ2n) is 7.69. The molecule has 2 aliphatic rings. The lowest BCUT2D eigenvalue weighted by Crippen LogP contribution is -2.50. The fourth-order valence-electron chi connectivity index (χ4n) is 3.73. The molecular weight excluding hydrogens is 368 g/mol. The number of nitrogens with zero attached hydrogens (tertiary/aromatic N) is 4. The summed E-state index contributed by atoms with van der Waals surface area (Å²) < 4.78 is 10.8. The largest absolute Gasteiger partial charge is 0.454 e. The molecular formula is C22H28N4O3. The Morgan fingerprint density at radius 3 is 2.59 bits per heavy atom. The first-order valence-electron chi connectivity index (χ1n) is 10.1. The second-order valence-corrected chi connectivity index (χ2v) is 7.69. The Morgan fingerprint density at radius 2 is 1.79 bits per heavy atom. The number of fused-ring (bicyclic) bond motifs is 1. The molecule has 1 amide bonds. The number of benzene rings is 1. The van der Waals surface area contributed by atoms with Gasteiger partial charge in [-0.15, -0.1) is 0 Å². The zero-order chi connectivity index (χ0) is 20.1. The summed E-state index contributed by atoms with van der Waals surface area (Å²) in [5.74, 6) is 1.85. The highest BCUT2D eigenvalue weighted by atomic mass is 16.7. The van der Waals surface area contributed by atoms with Crippen LogP contribution in [0.1, 0.15) is 11.1 Å². The van der Waals surface area contributed by atoms with Gasteiger partial charge in [-0.3, -0.25) is 19.6 Å². The number of likely N-dealkylation sites (N-methyl/N-ethyl adjacent to an activating group) is 1. The first kappa shape index (κ1) is 19.7. The van der Waals surface area contributed by atoms with Gasteiger partial charge in [0, 0.05) is 51.7 Å². The van der Waals surface area contributed by atoms with Crippen LogP contribution in [0.3, 0.4) is 0 Å².